The van der Waals surface area contributed by atoms with Crippen LogP contribution in [0.2, 0.25) is 0 Å². The molecule has 0 bridgehead atoms. The van der Waals surface area contributed by atoms with Crippen molar-refractivity contribution in [3.8, 4) is 22.3 Å². The van der Waals surface area contributed by atoms with Crippen molar-refractivity contribution in [3.05, 3.63) is 77.1 Å². The van der Waals surface area contributed by atoms with Crippen LogP contribution in [0.15, 0.2) is 42.7 Å². The number of carboxylic acids is 1. The highest BCUT2D eigenvalue weighted by molar-refractivity contribution is 6.03. The molecule has 0 unspecified atom stereocenters. The van der Waals surface area contributed by atoms with Gasteiger partial charge in [0.1, 0.15) is 0 Å². The molecule has 5 rings (SSSR count). The van der Waals surface area contributed by atoms with E-state index >= 15 is 17.6 Å². The fourth-order valence-corrected chi connectivity index (χ4v) is 4.83. The first-order chi connectivity index (χ1) is 17.7. The molecule has 3 aromatic carbocycles. The Labute approximate surface area is 210 Å². The van der Waals surface area contributed by atoms with E-state index in [1.807, 2.05) is 7.05 Å². The SMILES string of the molecule is CN1CCN(Cc2cccc(-c3c(F)c(F)c(-c4cc(C(=O)O)c5c(c4)ncn5C)c(F)c3F)c2)CC1. The first-order valence-corrected chi connectivity index (χ1v) is 11.7. The predicted octanol–water partition coefficient (Wildman–Crippen LogP) is 4.91. The molecule has 6 nitrogen and oxygen atoms in total. The summed E-state index contributed by atoms with van der Waals surface area (Å²) < 4.78 is 62.9. The van der Waals surface area contributed by atoms with Gasteiger partial charge >= 0.3 is 5.97 Å². The Hall–Kier alpha value is -3.76. The summed E-state index contributed by atoms with van der Waals surface area (Å²) in [7, 11) is 3.60. The smallest absolute Gasteiger partial charge is 0.337 e. The Bertz CT molecular complexity index is 1500. The maximum absolute atomic E-state index is 15.4. The lowest BCUT2D eigenvalue weighted by molar-refractivity contribution is 0.0698. The summed E-state index contributed by atoms with van der Waals surface area (Å²) in [5, 5.41) is 9.61. The third-order valence-electron chi connectivity index (χ3n) is 6.81. The highest BCUT2D eigenvalue weighted by Crippen LogP contribution is 2.38. The van der Waals surface area contributed by atoms with Crippen LogP contribution in [-0.4, -0.2) is 63.7 Å². The molecule has 1 aliphatic rings. The first-order valence-electron chi connectivity index (χ1n) is 11.7. The van der Waals surface area contributed by atoms with Gasteiger partial charge in [0, 0.05) is 39.8 Å². The second-order valence-corrected chi connectivity index (χ2v) is 9.34. The quantitative estimate of drug-likeness (QED) is 0.304. The Morgan fingerprint density at radius 1 is 0.892 bits per heavy atom. The van der Waals surface area contributed by atoms with Crippen LogP contribution in [0.25, 0.3) is 33.3 Å². The fourth-order valence-electron chi connectivity index (χ4n) is 4.83. The Morgan fingerprint density at radius 3 is 2.14 bits per heavy atom. The molecule has 37 heavy (non-hydrogen) atoms. The van der Waals surface area contributed by atoms with Gasteiger partial charge in [-0.25, -0.2) is 27.3 Å². The number of carbonyl (C=O) groups is 1. The number of fused-ring (bicyclic) bond motifs is 1. The number of aromatic nitrogens is 2. The lowest BCUT2D eigenvalue weighted by atomic mass is 9.95. The average Bonchev–Trinajstić information content (AvgIpc) is 3.25. The summed E-state index contributed by atoms with van der Waals surface area (Å²) >= 11 is 0. The van der Waals surface area contributed by atoms with Gasteiger partial charge in [0.25, 0.3) is 0 Å². The van der Waals surface area contributed by atoms with Crippen molar-refractivity contribution < 1.29 is 27.5 Å². The van der Waals surface area contributed by atoms with Crippen molar-refractivity contribution in [2.45, 2.75) is 6.54 Å². The number of imidazole rings is 1. The molecule has 0 radical (unpaired) electrons. The number of aromatic carboxylic acids is 1. The van der Waals surface area contributed by atoms with Crippen molar-refractivity contribution in [2.24, 2.45) is 7.05 Å². The summed E-state index contributed by atoms with van der Waals surface area (Å²) in [6.45, 7) is 4.00. The normalized spacial score (nSPS) is 15.0. The van der Waals surface area contributed by atoms with Crippen LogP contribution in [0.4, 0.5) is 17.6 Å². The number of benzene rings is 3. The summed E-state index contributed by atoms with van der Waals surface area (Å²) in [5.74, 6) is -7.69. The zero-order chi connectivity index (χ0) is 26.4. The molecule has 1 aromatic heterocycles. The lowest BCUT2D eigenvalue weighted by Gasteiger charge is -2.32. The molecule has 0 spiro atoms. The van der Waals surface area contributed by atoms with Gasteiger partial charge in [0.15, 0.2) is 23.3 Å². The highest BCUT2D eigenvalue weighted by atomic mass is 19.2. The number of piperazine rings is 1. The molecular weight excluding hydrogens is 488 g/mol. The molecular formula is C27H24F4N4O2. The molecule has 10 heteroatoms. The maximum Gasteiger partial charge on any atom is 0.337 e. The molecule has 192 valence electrons. The van der Waals surface area contributed by atoms with Crippen LogP contribution in [0.5, 0.6) is 0 Å². The van der Waals surface area contributed by atoms with E-state index < -0.39 is 40.4 Å². The second-order valence-electron chi connectivity index (χ2n) is 9.34. The average molecular weight is 513 g/mol. The van der Waals surface area contributed by atoms with Crippen LogP contribution in [0, 0.1) is 23.3 Å². The van der Waals surface area contributed by atoms with Crippen LogP contribution < -0.4 is 0 Å². The minimum Gasteiger partial charge on any atom is -0.478 e. The van der Waals surface area contributed by atoms with Gasteiger partial charge in [-0.3, -0.25) is 4.90 Å². The minimum atomic E-state index is -1.61. The fraction of sp³-hybridized carbons (Fsp3) is 0.259. The number of likely N-dealkylation sites (N-methyl/N-ethyl adjacent to an activating group) is 1. The standard InChI is InChI=1S/C27H24F4N4O2/c1-33-6-8-35(9-7-33)13-15-4-3-5-16(10-15)20-22(28)24(30)21(25(31)23(20)29)17-11-18(27(36)37)26-19(12-17)32-14-34(26)2/h3-5,10-12,14H,6-9,13H2,1-2H3,(H,36,37). The van der Waals surface area contributed by atoms with E-state index in [1.54, 1.807) is 19.2 Å². The van der Waals surface area contributed by atoms with Crippen molar-refractivity contribution in [1.82, 2.24) is 19.4 Å². The predicted molar refractivity (Wildman–Crippen MR) is 131 cm³/mol. The van der Waals surface area contributed by atoms with Crippen LogP contribution >= 0.6 is 0 Å². The summed E-state index contributed by atoms with van der Waals surface area (Å²) in [6.07, 6.45) is 1.34. The van der Waals surface area contributed by atoms with Crippen molar-refractivity contribution in [3.63, 3.8) is 0 Å². The van der Waals surface area contributed by atoms with Gasteiger partial charge in [-0.2, -0.15) is 0 Å². The van der Waals surface area contributed by atoms with Gasteiger partial charge < -0.3 is 14.6 Å². The molecule has 1 aliphatic heterocycles. The van der Waals surface area contributed by atoms with Gasteiger partial charge in [-0.15, -0.1) is 0 Å². The zero-order valence-corrected chi connectivity index (χ0v) is 20.2. The molecule has 1 N–H and O–H groups in total. The lowest BCUT2D eigenvalue weighted by Crippen LogP contribution is -2.43. The molecule has 0 saturated carbocycles. The van der Waals surface area contributed by atoms with Gasteiger partial charge in [-0.1, -0.05) is 18.2 Å². The molecule has 0 atom stereocenters. The number of halogens is 4. The molecule has 1 saturated heterocycles. The van der Waals surface area contributed by atoms with E-state index in [4.69, 9.17) is 0 Å². The van der Waals surface area contributed by atoms with Gasteiger partial charge in [0.05, 0.1) is 34.1 Å². The van der Waals surface area contributed by atoms with Crippen molar-refractivity contribution >= 4 is 17.0 Å². The third-order valence-corrected chi connectivity index (χ3v) is 6.81. The van der Waals surface area contributed by atoms with Crippen LogP contribution in [0.3, 0.4) is 0 Å². The monoisotopic (exact) mass is 512 g/mol. The van der Waals surface area contributed by atoms with Gasteiger partial charge in [-0.05, 0) is 41.9 Å². The maximum atomic E-state index is 15.4. The van der Waals surface area contributed by atoms with E-state index in [1.165, 1.54) is 29.1 Å². The van der Waals surface area contributed by atoms with Crippen molar-refractivity contribution in [2.75, 3.05) is 33.2 Å². The van der Waals surface area contributed by atoms with E-state index in [0.29, 0.717) is 6.54 Å². The number of aryl methyl sites for hydroxylation is 1. The van der Waals surface area contributed by atoms with E-state index in [0.717, 1.165) is 37.8 Å². The molecule has 0 aliphatic carbocycles. The molecule has 2 heterocycles. The number of hydrogen-bond donors (Lipinski definition) is 1. The molecule has 0 amide bonds. The Morgan fingerprint density at radius 2 is 1.51 bits per heavy atom. The summed E-state index contributed by atoms with van der Waals surface area (Å²) in [4.78, 5) is 20.2. The number of hydrogen-bond acceptors (Lipinski definition) is 4. The van der Waals surface area contributed by atoms with Crippen molar-refractivity contribution in [1.29, 1.82) is 0 Å². The molecule has 1 fully saturated rings. The largest absolute Gasteiger partial charge is 0.478 e. The molecule has 4 aromatic rings. The third kappa shape index (κ3) is 4.47. The highest BCUT2D eigenvalue weighted by Gasteiger charge is 2.29. The number of carboxylic acid groups (broad SMARTS) is 1. The van der Waals surface area contributed by atoms with Crippen LogP contribution in [-0.2, 0) is 13.6 Å². The van der Waals surface area contributed by atoms with E-state index in [2.05, 4.69) is 14.8 Å². The van der Waals surface area contributed by atoms with Crippen LogP contribution in [0.1, 0.15) is 15.9 Å². The summed E-state index contributed by atoms with van der Waals surface area (Å²) in [5.41, 5.74) is -1.31. The van der Waals surface area contributed by atoms with E-state index in [-0.39, 0.29) is 27.7 Å². The Kier molecular flexibility index (Phi) is 6.47. The number of rotatable bonds is 5. The topological polar surface area (TPSA) is 61.6 Å². The minimum absolute atomic E-state index is 0.0115. The number of nitrogens with zero attached hydrogens (tertiary/aromatic N) is 4. The first kappa shape index (κ1) is 24.9. The summed E-state index contributed by atoms with van der Waals surface area (Å²) in [6, 6.07) is 8.52. The zero-order valence-electron chi connectivity index (χ0n) is 20.2. The van der Waals surface area contributed by atoms with Gasteiger partial charge in [0.2, 0.25) is 0 Å². The van der Waals surface area contributed by atoms with E-state index in [9.17, 15) is 9.90 Å². The Balaban J connectivity index is 1.58. The second kappa shape index (κ2) is 9.60.